The molecule has 0 bridgehead atoms. The van der Waals surface area contributed by atoms with Gasteiger partial charge in [-0.3, -0.25) is 4.79 Å². The molecule has 5 aliphatic rings. The van der Waals surface area contributed by atoms with Crippen LogP contribution in [0.15, 0.2) is 22.4 Å². The SMILES string of the molecule is CC1(C)CC[C@]2(N)CC[C@]3(C)[C@H](C(=O)C=C4[C@@]5(C)Cc6cnoc6[C@@](C)(O)[C@@H]5CC[C@]43C)[C@@H]2C1. The molecule has 0 amide bonds. The van der Waals surface area contributed by atoms with Crippen LogP contribution in [-0.2, 0) is 16.8 Å². The monoisotopic (exact) mass is 466 g/mol. The molecule has 0 radical (unpaired) electrons. The molecule has 0 aromatic carbocycles. The minimum atomic E-state index is -1.09. The van der Waals surface area contributed by atoms with Crippen molar-refractivity contribution in [3.8, 4) is 0 Å². The van der Waals surface area contributed by atoms with Crippen molar-refractivity contribution in [2.45, 2.75) is 104 Å². The molecule has 0 unspecified atom stereocenters. The summed E-state index contributed by atoms with van der Waals surface area (Å²) in [6, 6.07) is 0. The van der Waals surface area contributed by atoms with Crippen LogP contribution in [0, 0.1) is 39.4 Å². The van der Waals surface area contributed by atoms with Gasteiger partial charge in [-0.25, -0.2) is 0 Å². The molecule has 5 aliphatic carbocycles. The maximum Gasteiger partial charge on any atom is 0.171 e. The van der Waals surface area contributed by atoms with Crippen LogP contribution >= 0.6 is 0 Å². The summed E-state index contributed by atoms with van der Waals surface area (Å²) in [6.07, 6.45) is 11.7. The van der Waals surface area contributed by atoms with Gasteiger partial charge in [-0.05, 0) is 91.9 Å². The number of carbonyl (C=O) groups excluding carboxylic acids is 1. The van der Waals surface area contributed by atoms with Gasteiger partial charge < -0.3 is 15.4 Å². The molecule has 1 heterocycles. The molecular formula is C29H42N2O3. The lowest BCUT2D eigenvalue weighted by Crippen LogP contribution is -2.68. The average Bonchev–Trinajstić information content (AvgIpc) is 3.20. The molecule has 3 fully saturated rings. The summed E-state index contributed by atoms with van der Waals surface area (Å²) < 4.78 is 5.54. The van der Waals surface area contributed by atoms with Gasteiger partial charge in [0.25, 0.3) is 0 Å². The first-order chi connectivity index (χ1) is 15.7. The molecule has 34 heavy (non-hydrogen) atoms. The number of aromatic nitrogens is 1. The Balaban J connectivity index is 1.50. The van der Waals surface area contributed by atoms with Crippen molar-refractivity contribution >= 4 is 5.78 Å². The number of hydrogen-bond donors (Lipinski definition) is 2. The third kappa shape index (κ3) is 2.58. The second kappa shape index (κ2) is 6.45. The fourth-order valence-electron chi connectivity index (χ4n) is 9.97. The number of allylic oxidation sites excluding steroid dienone is 2. The Kier molecular flexibility index (Phi) is 4.36. The lowest BCUT2D eigenvalue weighted by atomic mass is 9.35. The molecular weight excluding hydrogens is 424 g/mol. The van der Waals surface area contributed by atoms with Gasteiger partial charge in [-0.15, -0.1) is 0 Å². The second-order valence-electron chi connectivity index (χ2n) is 14.4. The van der Waals surface area contributed by atoms with Gasteiger partial charge in [0.1, 0.15) is 5.60 Å². The minimum Gasteiger partial charge on any atom is -0.382 e. The largest absolute Gasteiger partial charge is 0.382 e. The fraction of sp³-hybridized carbons (Fsp3) is 0.793. The third-order valence-electron chi connectivity index (χ3n) is 12.1. The van der Waals surface area contributed by atoms with E-state index >= 15 is 0 Å². The van der Waals surface area contributed by atoms with Crippen LogP contribution in [0.5, 0.6) is 0 Å². The molecule has 6 rings (SSSR count). The average molecular weight is 467 g/mol. The van der Waals surface area contributed by atoms with E-state index in [-0.39, 0.29) is 50.7 Å². The molecule has 0 aliphatic heterocycles. The Hall–Kier alpha value is -1.46. The van der Waals surface area contributed by atoms with Gasteiger partial charge in [0.15, 0.2) is 11.5 Å². The third-order valence-corrected chi connectivity index (χ3v) is 12.1. The summed E-state index contributed by atoms with van der Waals surface area (Å²) in [4.78, 5) is 14.2. The van der Waals surface area contributed by atoms with Gasteiger partial charge in [-0.1, -0.05) is 45.3 Å². The number of hydrogen-bond acceptors (Lipinski definition) is 5. The van der Waals surface area contributed by atoms with E-state index in [0.717, 1.165) is 56.9 Å². The van der Waals surface area contributed by atoms with Crippen LogP contribution in [0.3, 0.4) is 0 Å². The van der Waals surface area contributed by atoms with Gasteiger partial charge >= 0.3 is 0 Å². The number of ketones is 1. The summed E-state index contributed by atoms with van der Waals surface area (Å²) >= 11 is 0. The zero-order valence-electron chi connectivity index (χ0n) is 21.8. The van der Waals surface area contributed by atoms with Crippen LogP contribution in [0.1, 0.15) is 97.8 Å². The van der Waals surface area contributed by atoms with Crippen molar-refractivity contribution in [2.24, 2.45) is 45.1 Å². The molecule has 3 saturated carbocycles. The predicted octanol–water partition coefficient (Wildman–Crippen LogP) is 5.31. The highest BCUT2D eigenvalue weighted by Gasteiger charge is 2.69. The lowest BCUT2D eigenvalue weighted by molar-refractivity contribution is -0.167. The number of nitrogens with zero attached hydrogens (tertiary/aromatic N) is 1. The fourth-order valence-corrected chi connectivity index (χ4v) is 9.97. The van der Waals surface area contributed by atoms with Gasteiger partial charge in [-0.2, -0.15) is 0 Å². The molecule has 5 heteroatoms. The van der Waals surface area contributed by atoms with Crippen molar-refractivity contribution in [2.75, 3.05) is 0 Å². The Morgan fingerprint density at radius 3 is 2.50 bits per heavy atom. The first-order valence-corrected chi connectivity index (χ1v) is 13.4. The quantitative estimate of drug-likeness (QED) is 0.541. The maximum absolute atomic E-state index is 14.2. The number of rotatable bonds is 0. The van der Waals surface area contributed by atoms with Gasteiger partial charge in [0.05, 0.1) is 6.20 Å². The Labute approximate surface area is 203 Å². The molecule has 1 aromatic rings. The highest BCUT2D eigenvalue weighted by atomic mass is 16.5. The molecule has 186 valence electrons. The summed E-state index contributed by atoms with van der Waals surface area (Å²) in [6.45, 7) is 13.7. The zero-order chi connectivity index (χ0) is 24.5. The first-order valence-electron chi connectivity index (χ1n) is 13.4. The summed E-state index contributed by atoms with van der Waals surface area (Å²) in [5.41, 5.74) is 7.75. The van der Waals surface area contributed by atoms with Crippen LogP contribution in [0.25, 0.3) is 0 Å². The van der Waals surface area contributed by atoms with Crippen molar-refractivity contribution in [3.05, 3.63) is 29.2 Å². The minimum absolute atomic E-state index is 0.00136. The summed E-state index contributed by atoms with van der Waals surface area (Å²) in [5.74, 6) is 1.11. The molecule has 3 N–H and O–H groups in total. The topological polar surface area (TPSA) is 89.4 Å². The van der Waals surface area contributed by atoms with E-state index < -0.39 is 5.60 Å². The van der Waals surface area contributed by atoms with Gasteiger partial charge in [0.2, 0.25) is 0 Å². The van der Waals surface area contributed by atoms with Crippen molar-refractivity contribution in [3.63, 3.8) is 0 Å². The Morgan fingerprint density at radius 1 is 1.06 bits per heavy atom. The number of aliphatic hydroxyl groups is 1. The molecule has 5 nitrogen and oxygen atoms in total. The highest BCUT2D eigenvalue weighted by Crippen LogP contribution is 2.73. The van der Waals surface area contributed by atoms with E-state index in [9.17, 15) is 9.90 Å². The van der Waals surface area contributed by atoms with Gasteiger partial charge in [0, 0.05) is 22.9 Å². The summed E-state index contributed by atoms with van der Waals surface area (Å²) in [7, 11) is 0. The zero-order valence-corrected chi connectivity index (χ0v) is 21.8. The normalized spacial score (nSPS) is 51.4. The first kappa shape index (κ1) is 23.0. The van der Waals surface area contributed by atoms with Crippen LogP contribution in [0.2, 0.25) is 0 Å². The number of fused-ring (bicyclic) bond motifs is 8. The van der Waals surface area contributed by atoms with E-state index in [4.69, 9.17) is 10.3 Å². The number of carbonyl (C=O) groups is 1. The van der Waals surface area contributed by atoms with Crippen LogP contribution in [-0.4, -0.2) is 21.6 Å². The van der Waals surface area contributed by atoms with Crippen molar-refractivity contribution < 1.29 is 14.4 Å². The highest BCUT2D eigenvalue weighted by molar-refractivity contribution is 5.95. The van der Waals surface area contributed by atoms with E-state index in [1.165, 1.54) is 5.57 Å². The van der Waals surface area contributed by atoms with E-state index in [1.54, 1.807) is 6.20 Å². The van der Waals surface area contributed by atoms with Crippen molar-refractivity contribution in [1.82, 2.24) is 5.16 Å². The number of nitrogens with two attached hydrogens (primary N) is 1. The standard InChI is InChI=1S/C29H42N2O3/c1-24(2)9-11-29(30)12-10-27(5)22(18(29)15-24)19(32)13-21-25(3)14-17-16-31-34-23(17)28(6,33)20(25)7-8-26(21,27)4/h13,16,18,20,22,33H,7-12,14-15,30H2,1-6H3/t18-,20+,22-,25-,26+,27+,28-,29-/m0/s1. The molecule has 0 saturated heterocycles. The smallest absolute Gasteiger partial charge is 0.171 e. The van der Waals surface area contributed by atoms with Crippen LogP contribution in [0.4, 0.5) is 0 Å². The maximum atomic E-state index is 14.2. The Morgan fingerprint density at radius 2 is 1.76 bits per heavy atom. The van der Waals surface area contributed by atoms with E-state index in [1.807, 2.05) is 13.0 Å². The van der Waals surface area contributed by atoms with E-state index in [2.05, 4.69) is 39.8 Å². The predicted molar refractivity (Wildman–Crippen MR) is 131 cm³/mol. The van der Waals surface area contributed by atoms with E-state index in [0.29, 0.717) is 5.76 Å². The summed E-state index contributed by atoms with van der Waals surface area (Å²) in [5, 5.41) is 15.7. The molecule has 1 aromatic heterocycles. The lowest BCUT2D eigenvalue weighted by Gasteiger charge is -2.69. The Bertz CT molecular complexity index is 1100. The molecule has 8 atom stereocenters. The second-order valence-corrected chi connectivity index (χ2v) is 14.4. The van der Waals surface area contributed by atoms with Crippen LogP contribution < -0.4 is 5.73 Å². The van der Waals surface area contributed by atoms with Crippen molar-refractivity contribution in [1.29, 1.82) is 0 Å². The molecule has 0 spiro atoms.